The molecule has 1 atom stereocenters. The van der Waals surface area contributed by atoms with Crippen LogP contribution in [0.2, 0.25) is 0 Å². The van der Waals surface area contributed by atoms with Crippen LogP contribution in [0.15, 0.2) is 12.1 Å². The fourth-order valence-electron chi connectivity index (χ4n) is 2.12. The van der Waals surface area contributed by atoms with Gasteiger partial charge in [0.2, 0.25) is 0 Å². The molecule has 0 aliphatic rings. The Balaban J connectivity index is 2.93. The van der Waals surface area contributed by atoms with Gasteiger partial charge in [-0.25, -0.2) is 0 Å². The van der Waals surface area contributed by atoms with Gasteiger partial charge in [0.15, 0.2) is 0 Å². The summed E-state index contributed by atoms with van der Waals surface area (Å²) in [5.41, 5.74) is 2.01. The van der Waals surface area contributed by atoms with E-state index in [9.17, 15) is 4.79 Å². The largest absolute Gasteiger partial charge is 0.493 e. The molecule has 4 heteroatoms. The molecule has 0 fully saturated rings. The number of carbonyl (C=O) groups excluding carboxylic acids is 1. The number of carbonyl (C=O) groups is 1. The lowest BCUT2D eigenvalue weighted by Gasteiger charge is -2.25. The topological polar surface area (TPSA) is 47.6 Å². The molecule has 1 amide bonds. The van der Waals surface area contributed by atoms with Gasteiger partial charge in [-0.2, -0.15) is 0 Å². The molecule has 1 rings (SSSR count). The van der Waals surface area contributed by atoms with Crippen molar-refractivity contribution in [3.05, 3.63) is 23.3 Å². The highest BCUT2D eigenvalue weighted by molar-refractivity contribution is 5.97. The van der Waals surface area contributed by atoms with Crippen molar-refractivity contribution in [1.29, 1.82) is 0 Å². The Morgan fingerprint density at radius 2 is 1.81 bits per heavy atom. The summed E-state index contributed by atoms with van der Waals surface area (Å²) in [6, 6.07) is 3.86. The number of anilines is 1. The number of amides is 1. The highest BCUT2D eigenvalue weighted by atomic mass is 16.5. The number of hydrogen-bond acceptors (Lipinski definition) is 3. The maximum atomic E-state index is 12.3. The predicted octanol–water partition coefficient (Wildman–Crippen LogP) is 3.85. The Morgan fingerprint density at radius 3 is 2.24 bits per heavy atom. The van der Waals surface area contributed by atoms with Crippen LogP contribution in [0, 0.1) is 13.8 Å². The van der Waals surface area contributed by atoms with Crippen LogP contribution in [-0.2, 0) is 9.53 Å². The minimum absolute atomic E-state index is 0.131. The van der Waals surface area contributed by atoms with E-state index in [1.807, 2.05) is 32.9 Å². The first-order valence-corrected chi connectivity index (χ1v) is 7.48. The number of nitrogens with one attached hydrogen (secondary N) is 1. The summed E-state index contributed by atoms with van der Waals surface area (Å²) in [6.45, 7) is 10.5. The van der Waals surface area contributed by atoms with Crippen molar-refractivity contribution >= 4 is 11.6 Å². The second-order valence-electron chi connectivity index (χ2n) is 5.53. The fourth-order valence-corrected chi connectivity index (χ4v) is 2.12. The Morgan fingerprint density at radius 1 is 1.24 bits per heavy atom. The molecule has 118 valence electrons. The maximum absolute atomic E-state index is 12.3. The van der Waals surface area contributed by atoms with Gasteiger partial charge in [0.1, 0.15) is 11.4 Å². The highest BCUT2D eigenvalue weighted by Gasteiger charge is 2.31. The molecular weight excluding hydrogens is 266 g/mol. The van der Waals surface area contributed by atoms with Crippen LogP contribution in [0.5, 0.6) is 5.75 Å². The number of methoxy groups -OCH3 is 1. The molecule has 4 nitrogen and oxygen atoms in total. The standard InChI is InChI=1S/C17H27NO3/c1-7-9-21-15-12(3)10-14(11-13(15)4)18-16(19)17(5,8-2)20-6/h10-11H,7-9H2,1-6H3,(H,18,19)/t17-/m1/s1. The van der Waals surface area contributed by atoms with E-state index in [1.165, 1.54) is 0 Å². The van der Waals surface area contributed by atoms with Gasteiger partial charge in [-0.15, -0.1) is 0 Å². The molecule has 1 aromatic carbocycles. The Bertz CT molecular complexity index is 470. The molecule has 0 unspecified atom stereocenters. The van der Waals surface area contributed by atoms with E-state index in [2.05, 4.69) is 12.2 Å². The minimum Gasteiger partial charge on any atom is -0.493 e. The van der Waals surface area contributed by atoms with Gasteiger partial charge in [-0.1, -0.05) is 13.8 Å². The summed E-state index contributed by atoms with van der Waals surface area (Å²) in [4.78, 5) is 12.3. The first-order chi connectivity index (χ1) is 9.87. The van der Waals surface area contributed by atoms with E-state index in [0.29, 0.717) is 13.0 Å². The van der Waals surface area contributed by atoms with E-state index in [1.54, 1.807) is 14.0 Å². The van der Waals surface area contributed by atoms with E-state index in [4.69, 9.17) is 9.47 Å². The summed E-state index contributed by atoms with van der Waals surface area (Å²) >= 11 is 0. The Hall–Kier alpha value is -1.55. The van der Waals surface area contributed by atoms with Gasteiger partial charge in [0.25, 0.3) is 5.91 Å². The molecular formula is C17H27NO3. The van der Waals surface area contributed by atoms with Crippen molar-refractivity contribution in [2.24, 2.45) is 0 Å². The Labute approximate surface area is 127 Å². The summed E-state index contributed by atoms with van der Waals surface area (Å²) in [7, 11) is 1.56. The third kappa shape index (κ3) is 4.21. The molecule has 0 saturated heterocycles. The zero-order chi connectivity index (χ0) is 16.0. The van der Waals surface area contributed by atoms with Crippen molar-refractivity contribution < 1.29 is 14.3 Å². The molecule has 1 aromatic rings. The second-order valence-corrected chi connectivity index (χ2v) is 5.53. The van der Waals surface area contributed by atoms with Crippen LogP contribution in [0.3, 0.4) is 0 Å². The van der Waals surface area contributed by atoms with Gasteiger partial charge in [-0.05, 0) is 56.9 Å². The molecule has 1 N–H and O–H groups in total. The van der Waals surface area contributed by atoms with E-state index in [-0.39, 0.29) is 5.91 Å². The lowest BCUT2D eigenvalue weighted by atomic mass is 10.0. The maximum Gasteiger partial charge on any atom is 0.256 e. The van der Waals surface area contributed by atoms with Gasteiger partial charge >= 0.3 is 0 Å². The van der Waals surface area contributed by atoms with Crippen LogP contribution in [0.25, 0.3) is 0 Å². The Kier molecular flexibility index (Phi) is 6.21. The molecule has 0 spiro atoms. The molecule has 0 radical (unpaired) electrons. The van der Waals surface area contributed by atoms with Crippen LogP contribution >= 0.6 is 0 Å². The van der Waals surface area contributed by atoms with Crippen LogP contribution in [-0.4, -0.2) is 25.2 Å². The molecule has 0 aromatic heterocycles. The number of benzene rings is 1. The van der Waals surface area contributed by atoms with Gasteiger partial charge in [0, 0.05) is 12.8 Å². The smallest absolute Gasteiger partial charge is 0.256 e. The van der Waals surface area contributed by atoms with Crippen molar-refractivity contribution in [3.63, 3.8) is 0 Å². The average Bonchev–Trinajstić information content (AvgIpc) is 2.45. The third-order valence-electron chi connectivity index (χ3n) is 3.77. The van der Waals surface area contributed by atoms with Gasteiger partial charge < -0.3 is 14.8 Å². The number of ether oxygens (including phenoxy) is 2. The number of rotatable bonds is 7. The quantitative estimate of drug-likeness (QED) is 0.830. The molecule has 0 heterocycles. The summed E-state index contributed by atoms with van der Waals surface area (Å²) < 4.78 is 11.1. The normalized spacial score (nSPS) is 13.6. The number of hydrogen-bond donors (Lipinski definition) is 1. The van der Waals surface area contributed by atoms with Crippen molar-refractivity contribution in [2.75, 3.05) is 19.0 Å². The first kappa shape index (κ1) is 17.5. The SMILES string of the molecule is CCCOc1c(C)cc(NC(=O)[C@@](C)(CC)OC)cc1C. The fraction of sp³-hybridized carbons (Fsp3) is 0.588. The molecule has 0 aliphatic heterocycles. The molecule has 0 aliphatic carbocycles. The van der Waals surface area contributed by atoms with Crippen molar-refractivity contribution in [3.8, 4) is 5.75 Å². The molecule has 0 saturated carbocycles. The van der Waals surface area contributed by atoms with Crippen LogP contribution < -0.4 is 10.1 Å². The first-order valence-electron chi connectivity index (χ1n) is 7.48. The van der Waals surface area contributed by atoms with Gasteiger partial charge in [-0.3, -0.25) is 4.79 Å². The minimum atomic E-state index is -0.806. The summed E-state index contributed by atoms with van der Waals surface area (Å²) in [5.74, 6) is 0.772. The molecule has 0 bridgehead atoms. The van der Waals surface area contributed by atoms with Crippen molar-refractivity contribution in [1.82, 2.24) is 0 Å². The monoisotopic (exact) mass is 293 g/mol. The van der Waals surface area contributed by atoms with Gasteiger partial charge in [0.05, 0.1) is 6.61 Å². The second kappa shape index (κ2) is 7.46. The highest BCUT2D eigenvalue weighted by Crippen LogP contribution is 2.28. The zero-order valence-corrected chi connectivity index (χ0v) is 14.0. The summed E-state index contributed by atoms with van der Waals surface area (Å²) in [5, 5.41) is 2.93. The predicted molar refractivity (Wildman–Crippen MR) is 86.0 cm³/mol. The lowest BCUT2D eigenvalue weighted by Crippen LogP contribution is -2.41. The third-order valence-corrected chi connectivity index (χ3v) is 3.77. The summed E-state index contributed by atoms with van der Waals surface area (Å²) in [6.07, 6.45) is 1.59. The van der Waals surface area contributed by atoms with Crippen LogP contribution in [0.1, 0.15) is 44.7 Å². The van der Waals surface area contributed by atoms with E-state index in [0.717, 1.165) is 29.0 Å². The average molecular weight is 293 g/mol. The zero-order valence-electron chi connectivity index (χ0n) is 14.0. The number of aryl methyl sites for hydroxylation is 2. The van der Waals surface area contributed by atoms with E-state index < -0.39 is 5.60 Å². The van der Waals surface area contributed by atoms with Crippen molar-refractivity contribution in [2.45, 2.75) is 53.1 Å². The molecule has 21 heavy (non-hydrogen) atoms. The lowest BCUT2D eigenvalue weighted by molar-refractivity contribution is -0.136. The van der Waals surface area contributed by atoms with Crippen LogP contribution in [0.4, 0.5) is 5.69 Å². The van der Waals surface area contributed by atoms with E-state index >= 15 is 0 Å².